The average Bonchev–Trinajstić information content (AvgIpc) is 2.36. The Bertz CT molecular complexity index is 364. The van der Waals surface area contributed by atoms with Gasteiger partial charge in [0.05, 0.1) is 12.7 Å². The van der Waals surface area contributed by atoms with Gasteiger partial charge in [-0.25, -0.2) is 0 Å². The summed E-state index contributed by atoms with van der Waals surface area (Å²) < 4.78 is 5.42. The van der Waals surface area contributed by atoms with Gasteiger partial charge in [0, 0.05) is 18.8 Å². The molecule has 0 spiro atoms. The summed E-state index contributed by atoms with van der Waals surface area (Å²) in [7, 11) is 0. The maximum atomic E-state index is 9.81. The second kappa shape index (κ2) is 8.18. The Kier molecular flexibility index (Phi) is 6.89. The molecule has 0 aliphatic heterocycles. The van der Waals surface area contributed by atoms with Crippen LogP contribution in [0.1, 0.15) is 39.2 Å². The van der Waals surface area contributed by atoms with Crippen LogP contribution in [0.2, 0.25) is 0 Å². The van der Waals surface area contributed by atoms with E-state index >= 15 is 0 Å². The number of ether oxygens (including phenoxy) is 1. The number of benzene rings is 1. The molecule has 0 radical (unpaired) electrons. The Morgan fingerprint density at radius 1 is 1.16 bits per heavy atom. The monoisotopic (exact) mass is 265 g/mol. The Labute approximate surface area is 117 Å². The number of anilines is 1. The molecule has 1 rings (SSSR count). The van der Waals surface area contributed by atoms with Crippen molar-refractivity contribution in [2.24, 2.45) is 5.92 Å². The second-order valence-corrected chi connectivity index (χ2v) is 5.75. The lowest BCUT2D eigenvalue weighted by atomic mass is 10.0. The molecule has 1 atom stereocenters. The summed E-state index contributed by atoms with van der Waals surface area (Å²) in [6.07, 6.45) is -0.471. The highest BCUT2D eigenvalue weighted by atomic mass is 16.5. The molecule has 19 heavy (non-hydrogen) atoms. The van der Waals surface area contributed by atoms with Gasteiger partial charge >= 0.3 is 0 Å². The van der Waals surface area contributed by atoms with Gasteiger partial charge in [-0.15, -0.1) is 0 Å². The summed E-state index contributed by atoms with van der Waals surface area (Å²) in [5.74, 6) is 1.02. The van der Waals surface area contributed by atoms with Crippen LogP contribution in [0.15, 0.2) is 24.3 Å². The molecule has 0 amide bonds. The average molecular weight is 265 g/mol. The molecule has 1 aromatic rings. The van der Waals surface area contributed by atoms with Crippen LogP contribution in [0.5, 0.6) is 0 Å². The van der Waals surface area contributed by atoms with E-state index in [-0.39, 0.29) is 0 Å². The van der Waals surface area contributed by atoms with Gasteiger partial charge in [0.15, 0.2) is 0 Å². The van der Waals surface area contributed by atoms with E-state index in [0.29, 0.717) is 31.6 Å². The highest BCUT2D eigenvalue weighted by Crippen LogP contribution is 2.18. The fourth-order valence-corrected chi connectivity index (χ4v) is 1.74. The van der Waals surface area contributed by atoms with E-state index in [4.69, 9.17) is 4.74 Å². The number of aliphatic hydroxyl groups excluding tert-OH is 1. The number of nitrogens with one attached hydrogen (secondary N) is 1. The van der Waals surface area contributed by atoms with Gasteiger partial charge in [0.25, 0.3) is 0 Å². The van der Waals surface area contributed by atoms with Gasteiger partial charge in [-0.05, 0) is 29.5 Å². The molecular weight excluding hydrogens is 238 g/mol. The highest BCUT2D eigenvalue weighted by molar-refractivity contribution is 5.46. The molecule has 0 aliphatic carbocycles. The van der Waals surface area contributed by atoms with E-state index in [9.17, 15) is 5.11 Å². The van der Waals surface area contributed by atoms with Crippen molar-refractivity contribution in [3.8, 4) is 0 Å². The lowest BCUT2D eigenvalue weighted by molar-refractivity contribution is 0.0318. The minimum atomic E-state index is -0.471. The molecule has 1 unspecified atom stereocenters. The zero-order valence-electron chi connectivity index (χ0n) is 12.5. The molecule has 0 fully saturated rings. The highest BCUT2D eigenvalue weighted by Gasteiger charge is 2.06. The zero-order chi connectivity index (χ0) is 14.3. The van der Waals surface area contributed by atoms with Crippen molar-refractivity contribution in [1.29, 1.82) is 0 Å². The van der Waals surface area contributed by atoms with Crippen LogP contribution >= 0.6 is 0 Å². The van der Waals surface area contributed by atoms with Crippen LogP contribution in [0.3, 0.4) is 0 Å². The van der Waals surface area contributed by atoms with E-state index in [1.807, 2.05) is 12.1 Å². The van der Waals surface area contributed by atoms with E-state index < -0.39 is 6.10 Å². The first-order chi connectivity index (χ1) is 8.99. The van der Waals surface area contributed by atoms with E-state index in [1.165, 1.54) is 5.56 Å². The van der Waals surface area contributed by atoms with Crippen molar-refractivity contribution in [3.63, 3.8) is 0 Å². The van der Waals surface area contributed by atoms with Gasteiger partial charge < -0.3 is 15.2 Å². The third kappa shape index (κ3) is 6.60. The molecule has 0 aliphatic rings. The van der Waals surface area contributed by atoms with Crippen molar-refractivity contribution in [3.05, 3.63) is 29.8 Å². The summed E-state index contributed by atoms with van der Waals surface area (Å²) in [6.45, 7) is 10.1. The quantitative estimate of drug-likeness (QED) is 0.758. The van der Waals surface area contributed by atoms with Crippen LogP contribution in [-0.2, 0) is 4.74 Å². The SMILES string of the molecule is CC(C)COCC(O)CNc1cccc(C(C)C)c1. The minimum Gasteiger partial charge on any atom is -0.389 e. The van der Waals surface area contributed by atoms with Crippen molar-refractivity contribution >= 4 is 5.69 Å². The number of aliphatic hydroxyl groups is 1. The predicted molar refractivity (Wildman–Crippen MR) is 80.7 cm³/mol. The number of rotatable bonds is 8. The summed E-state index contributed by atoms with van der Waals surface area (Å²) in [6, 6.07) is 8.32. The lowest BCUT2D eigenvalue weighted by Gasteiger charge is -2.15. The molecule has 0 bridgehead atoms. The van der Waals surface area contributed by atoms with Crippen LogP contribution in [-0.4, -0.2) is 31.0 Å². The first-order valence-corrected chi connectivity index (χ1v) is 7.08. The van der Waals surface area contributed by atoms with Crippen molar-refractivity contribution in [2.45, 2.75) is 39.7 Å². The Hall–Kier alpha value is -1.06. The van der Waals surface area contributed by atoms with Gasteiger partial charge in [-0.1, -0.05) is 39.8 Å². The van der Waals surface area contributed by atoms with Crippen LogP contribution in [0.25, 0.3) is 0 Å². The number of hydrogen-bond acceptors (Lipinski definition) is 3. The summed E-state index contributed by atoms with van der Waals surface area (Å²) >= 11 is 0. The first kappa shape index (κ1) is 16.0. The van der Waals surface area contributed by atoms with Gasteiger partial charge in [0.2, 0.25) is 0 Å². The van der Waals surface area contributed by atoms with Crippen molar-refractivity contribution < 1.29 is 9.84 Å². The molecule has 0 aromatic heterocycles. The minimum absolute atomic E-state index is 0.384. The molecule has 1 aromatic carbocycles. The molecule has 0 heterocycles. The van der Waals surface area contributed by atoms with Gasteiger partial charge in [-0.3, -0.25) is 0 Å². The summed E-state index contributed by atoms with van der Waals surface area (Å²) in [5.41, 5.74) is 2.35. The fraction of sp³-hybridized carbons (Fsp3) is 0.625. The molecule has 2 N–H and O–H groups in total. The van der Waals surface area contributed by atoms with Crippen LogP contribution in [0.4, 0.5) is 5.69 Å². The van der Waals surface area contributed by atoms with Crippen molar-refractivity contribution in [1.82, 2.24) is 0 Å². The third-order valence-electron chi connectivity index (χ3n) is 2.86. The first-order valence-electron chi connectivity index (χ1n) is 7.08. The second-order valence-electron chi connectivity index (χ2n) is 5.75. The maximum Gasteiger partial charge on any atom is 0.0945 e. The van der Waals surface area contributed by atoms with E-state index in [2.05, 4.69) is 45.1 Å². The Morgan fingerprint density at radius 2 is 1.89 bits per heavy atom. The smallest absolute Gasteiger partial charge is 0.0945 e. The summed E-state index contributed by atoms with van der Waals surface area (Å²) in [4.78, 5) is 0. The molecule has 108 valence electrons. The Morgan fingerprint density at radius 3 is 2.53 bits per heavy atom. The Balaban J connectivity index is 2.33. The molecular formula is C16H27NO2. The zero-order valence-corrected chi connectivity index (χ0v) is 12.5. The topological polar surface area (TPSA) is 41.5 Å². The molecule has 0 saturated carbocycles. The van der Waals surface area contributed by atoms with Gasteiger partial charge in [-0.2, -0.15) is 0 Å². The van der Waals surface area contributed by atoms with Crippen LogP contribution < -0.4 is 5.32 Å². The molecule has 3 heteroatoms. The van der Waals surface area contributed by atoms with E-state index in [0.717, 1.165) is 5.69 Å². The largest absolute Gasteiger partial charge is 0.389 e. The lowest BCUT2D eigenvalue weighted by Crippen LogP contribution is -2.25. The predicted octanol–water partition coefficient (Wildman–Crippen LogP) is 3.26. The maximum absolute atomic E-state index is 9.81. The normalized spacial score (nSPS) is 13.0. The summed E-state index contributed by atoms with van der Waals surface area (Å²) in [5, 5.41) is 13.1. The molecule has 3 nitrogen and oxygen atoms in total. The van der Waals surface area contributed by atoms with E-state index in [1.54, 1.807) is 0 Å². The fourth-order valence-electron chi connectivity index (χ4n) is 1.74. The standard InChI is InChI=1S/C16H27NO2/c1-12(2)10-19-11-16(18)9-17-15-7-5-6-14(8-15)13(3)4/h5-8,12-13,16-18H,9-11H2,1-4H3. The van der Waals surface area contributed by atoms with Crippen LogP contribution in [0, 0.1) is 5.92 Å². The van der Waals surface area contributed by atoms with Gasteiger partial charge in [0.1, 0.15) is 0 Å². The van der Waals surface area contributed by atoms with Crippen molar-refractivity contribution in [2.75, 3.05) is 25.1 Å². The molecule has 0 saturated heterocycles. The number of hydrogen-bond donors (Lipinski definition) is 2. The third-order valence-corrected chi connectivity index (χ3v) is 2.86.